The van der Waals surface area contributed by atoms with Crippen molar-refractivity contribution in [2.45, 2.75) is 76.9 Å². The highest BCUT2D eigenvalue weighted by Gasteiger charge is 2.43. The van der Waals surface area contributed by atoms with E-state index in [2.05, 4.69) is 47.1 Å². The number of aromatic nitrogens is 2. The van der Waals surface area contributed by atoms with Gasteiger partial charge in [0.05, 0.1) is 19.6 Å². The summed E-state index contributed by atoms with van der Waals surface area (Å²) in [7, 11) is 0. The number of aliphatic imine (C=N–C) groups is 1. The first kappa shape index (κ1) is 26.5. The lowest BCUT2D eigenvalue weighted by Crippen LogP contribution is -2.46. The summed E-state index contributed by atoms with van der Waals surface area (Å²) in [5, 5.41) is 3.38. The van der Waals surface area contributed by atoms with Crippen LogP contribution in [-0.4, -0.2) is 88.3 Å². The number of amidine groups is 1. The molecule has 210 valence electrons. The molecule has 0 unspecified atom stereocenters. The Morgan fingerprint density at radius 2 is 1.74 bits per heavy atom. The van der Waals surface area contributed by atoms with Crippen molar-refractivity contribution in [3.8, 4) is 0 Å². The Balaban J connectivity index is 1.03. The van der Waals surface area contributed by atoms with Gasteiger partial charge in [0.1, 0.15) is 11.7 Å². The quantitative estimate of drug-likeness (QED) is 0.502. The predicted molar refractivity (Wildman–Crippen MR) is 155 cm³/mol. The molecule has 8 nitrogen and oxygen atoms in total. The van der Waals surface area contributed by atoms with E-state index in [1.54, 1.807) is 6.20 Å². The summed E-state index contributed by atoms with van der Waals surface area (Å²) >= 11 is 0. The summed E-state index contributed by atoms with van der Waals surface area (Å²) < 4.78 is 0. The Morgan fingerprint density at radius 1 is 0.974 bits per heavy atom. The van der Waals surface area contributed by atoms with Crippen molar-refractivity contribution in [1.29, 1.82) is 0 Å². The topological polar surface area (TPSA) is 79.9 Å². The third kappa shape index (κ3) is 6.55. The van der Waals surface area contributed by atoms with Gasteiger partial charge < -0.3 is 20.1 Å². The molecule has 1 amide bonds. The van der Waals surface area contributed by atoms with E-state index in [0.29, 0.717) is 5.41 Å². The van der Waals surface area contributed by atoms with Crippen LogP contribution < -0.4 is 5.32 Å². The van der Waals surface area contributed by atoms with Crippen molar-refractivity contribution in [3.63, 3.8) is 0 Å². The van der Waals surface area contributed by atoms with E-state index in [-0.39, 0.29) is 5.91 Å². The number of hydrogen-bond donors (Lipinski definition) is 2. The van der Waals surface area contributed by atoms with Crippen LogP contribution in [0, 0.1) is 5.41 Å². The lowest BCUT2D eigenvalue weighted by molar-refractivity contribution is 0.0616. The zero-order valence-corrected chi connectivity index (χ0v) is 23.4. The van der Waals surface area contributed by atoms with E-state index < -0.39 is 0 Å². The van der Waals surface area contributed by atoms with Crippen LogP contribution in [0.4, 0.5) is 0 Å². The molecule has 1 saturated carbocycles. The fourth-order valence-electron chi connectivity index (χ4n) is 7.23. The number of carbonyl (C=O) groups excluding carboxylic acids is 1. The Bertz CT molecular complexity index is 1100. The minimum atomic E-state index is 0.196. The molecule has 1 spiro atoms. The van der Waals surface area contributed by atoms with E-state index in [9.17, 15) is 4.79 Å². The third-order valence-corrected chi connectivity index (χ3v) is 9.58. The number of rotatable bonds is 8. The molecule has 8 heteroatoms. The van der Waals surface area contributed by atoms with Gasteiger partial charge in [0.25, 0.3) is 5.91 Å². The van der Waals surface area contributed by atoms with Crippen LogP contribution in [0.2, 0.25) is 0 Å². The second-order valence-electron chi connectivity index (χ2n) is 12.3. The molecule has 0 radical (unpaired) electrons. The second kappa shape index (κ2) is 12.2. The molecular weight excluding hydrogens is 486 g/mol. The van der Waals surface area contributed by atoms with Crippen LogP contribution in [0.25, 0.3) is 0 Å². The summed E-state index contributed by atoms with van der Waals surface area (Å²) in [6, 6.07) is 9.08. The van der Waals surface area contributed by atoms with Crippen LogP contribution in [0.5, 0.6) is 0 Å². The smallest absolute Gasteiger partial charge is 0.253 e. The molecule has 1 aliphatic carbocycles. The number of nitrogens with one attached hydrogen (secondary N) is 2. The number of H-pyrrole nitrogens is 1. The predicted octanol–water partition coefficient (Wildman–Crippen LogP) is 4.06. The van der Waals surface area contributed by atoms with E-state index in [1.807, 2.05) is 18.3 Å². The van der Waals surface area contributed by atoms with Crippen LogP contribution in [0.15, 0.2) is 41.7 Å². The van der Waals surface area contributed by atoms with Gasteiger partial charge in [0, 0.05) is 50.2 Å². The average molecular weight is 532 g/mol. The monoisotopic (exact) mass is 531 g/mol. The molecule has 4 heterocycles. The molecule has 6 rings (SSSR count). The maximum atomic E-state index is 13.5. The van der Waals surface area contributed by atoms with Gasteiger partial charge in [0.15, 0.2) is 0 Å². The summed E-state index contributed by atoms with van der Waals surface area (Å²) in [5.41, 5.74) is 2.34. The number of benzene rings is 1. The molecular formula is C31H45N7O. The highest BCUT2D eigenvalue weighted by molar-refractivity contribution is 5.94. The number of amides is 1. The molecule has 2 aromatic rings. The van der Waals surface area contributed by atoms with Crippen molar-refractivity contribution in [2.75, 3.05) is 45.8 Å². The number of carbonyl (C=O) groups is 1. The second-order valence-corrected chi connectivity index (χ2v) is 12.3. The lowest BCUT2D eigenvalue weighted by atomic mass is 9.77. The Labute approximate surface area is 233 Å². The SMILES string of the molecule is O=C(c1ccc(CN(CC2=NCCN2)Cc2ncc[nH]2)cc1)N1CCC2(CCN(C3CCCCCC3)CC2)C1. The molecule has 3 fully saturated rings. The van der Waals surface area contributed by atoms with Gasteiger partial charge in [-0.05, 0) is 68.3 Å². The molecule has 2 saturated heterocycles. The highest BCUT2D eigenvalue weighted by Crippen LogP contribution is 2.42. The highest BCUT2D eigenvalue weighted by atomic mass is 16.2. The van der Waals surface area contributed by atoms with Crippen molar-refractivity contribution >= 4 is 11.7 Å². The molecule has 1 aromatic carbocycles. The van der Waals surface area contributed by atoms with Gasteiger partial charge in [-0.1, -0.05) is 37.8 Å². The van der Waals surface area contributed by atoms with E-state index >= 15 is 0 Å². The summed E-state index contributed by atoms with van der Waals surface area (Å²) in [4.78, 5) is 32.9. The largest absolute Gasteiger partial charge is 0.371 e. The van der Waals surface area contributed by atoms with Crippen molar-refractivity contribution < 1.29 is 4.79 Å². The van der Waals surface area contributed by atoms with Gasteiger partial charge in [-0.15, -0.1) is 0 Å². The van der Waals surface area contributed by atoms with Gasteiger partial charge in [-0.3, -0.25) is 14.7 Å². The van der Waals surface area contributed by atoms with Crippen LogP contribution in [0.3, 0.4) is 0 Å². The summed E-state index contributed by atoms with van der Waals surface area (Å²) in [6.07, 6.45) is 15.7. The Morgan fingerprint density at radius 3 is 2.44 bits per heavy atom. The number of piperidine rings is 1. The maximum Gasteiger partial charge on any atom is 0.253 e. The number of likely N-dealkylation sites (tertiary alicyclic amines) is 2. The molecule has 3 aliphatic heterocycles. The molecule has 1 aromatic heterocycles. The summed E-state index contributed by atoms with van der Waals surface area (Å²) in [5.74, 6) is 2.18. The standard InChI is InChI=1S/C31H45N7O/c39-30(38-20-13-31(24-38)11-18-37(19-12-31)27-5-3-1-2-4-6-27)26-9-7-25(8-10-26)21-36(22-28-32-14-15-33-28)23-29-34-16-17-35-29/h7-10,14-15,27H,1-6,11-13,16-24H2,(H,32,33)(H,34,35). The van der Waals surface area contributed by atoms with Crippen LogP contribution >= 0.6 is 0 Å². The van der Waals surface area contributed by atoms with E-state index in [0.717, 1.165) is 75.5 Å². The number of aromatic amines is 1. The number of imidazole rings is 1. The first-order valence-electron chi connectivity index (χ1n) is 15.3. The molecule has 4 aliphatic rings. The summed E-state index contributed by atoms with van der Waals surface area (Å²) in [6.45, 7) is 8.29. The lowest BCUT2D eigenvalue weighted by Gasteiger charge is -2.42. The minimum Gasteiger partial charge on any atom is -0.371 e. The minimum absolute atomic E-state index is 0.196. The van der Waals surface area contributed by atoms with Crippen molar-refractivity contribution in [2.24, 2.45) is 10.4 Å². The van der Waals surface area contributed by atoms with Crippen LogP contribution in [0.1, 0.15) is 79.5 Å². The van der Waals surface area contributed by atoms with Crippen molar-refractivity contribution in [1.82, 2.24) is 30.0 Å². The fraction of sp³-hybridized carbons (Fsp3) is 0.645. The molecule has 0 bridgehead atoms. The number of nitrogens with zero attached hydrogens (tertiary/aromatic N) is 5. The first-order valence-corrected chi connectivity index (χ1v) is 15.3. The van der Waals surface area contributed by atoms with E-state index in [1.165, 1.54) is 70.0 Å². The average Bonchev–Trinajstić information content (AvgIpc) is 3.70. The van der Waals surface area contributed by atoms with Gasteiger partial charge in [-0.2, -0.15) is 0 Å². The zero-order chi connectivity index (χ0) is 26.5. The molecule has 2 N–H and O–H groups in total. The third-order valence-electron chi connectivity index (χ3n) is 9.58. The Hall–Kier alpha value is -2.71. The van der Waals surface area contributed by atoms with Gasteiger partial charge >= 0.3 is 0 Å². The molecule has 39 heavy (non-hydrogen) atoms. The van der Waals surface area contributed by atoms with E-state index in [4.69, 9.17) is 0 Å². The molecule has 0 atom stereocenters. The first-order chi connectivity index (χ1) is 19.2. The van der Waals surface area contributed by atoms with Gasteiger partial charge in [-0.25, -0.2) is 4.98 Å². The normalized spacial score (nSPS) is 22.3. The van der Waals surface area contributed by atoms with Gasteiger partial charge in [0.2, 0.25) is 0 Å². The fourth-order valence-corrected chi connectivity index (χ4v) is 7.23. The maximum absolute atomic E-state index is 13.5. The Kier molecular flexibility index (Phi) is 8.30. The number of hydrogen-bond acceptors (Lipinski definition) is 6. The van der Waals surface area contributed by atoms with Crippen molar-refractivity contribution in [3.05, 3.63) is 53.6 Å². The van der Waals surface area contributed by atoms with Crippen LogP contribution in [-0.2, 0) is 13.1 Å². The zero-order valence-electron chi connectivity index (χ0n) is 23.4.